The minimum atomic E-state index is -0.148. The van der Waals surface area contributed by atoms with Crippen molar-refractivity contribution < 1.29 is 47.4 Å². The number of rotatable bonds is 32. The lowest BCUT2D eigenvalue weighted by atomic mass is 10.2. The molecular weight excluding hydrogens is 486 g/mol. The van der Waals surface area contributed by atoms with Crippen molar-refractivity contribution in [2.24, 2.45) is 0 Å². The number of likely N-dealkylation sites (N-methyl/N-ethyl adjacent to an activating group) is 1. The lowest BCUT2D eigenvalue weighted by Gasteiger charge is -2.09. The Morgan fingerprint density at radius 2 is 0.838 bits per heavy atom. The monoisotopic (exact) mass is 539 g/mol. The fraction of sp³-hybridized carbons (Fsp3) is 0.962. The molecule has 0 spiro atoms. The molecule has 0 radical (unpaired) electrons. The molecule has 0 saturated carbocycles. The van der Waals surface area contributed by atoms with Gasteiger partial charge in [0.15, 0.2) is 0 Å². The minimum Gasteiger partial charge on any atom is -0.463 e. The molecule has 0 aromatic rings. The molecule has 0 heterocycles. The van der Waals surface area contributed by atoms with Gasteiger partial charge in [-0.25, -0.2) is 0 Å². The van der Waals surface area contributed by atoms with Crippen LogP contribution in [0.4, 0.5) is 0 Å². The van der Waals surface area contributed by atoms with Gasteiger partial charge in [0.25, 0.3) is 0 Å². The number of unbranched alkanes of at least 4 members (excludes halogenated alkanes) is 3. The van der Waals surface area contributed by atoms with Crippen molar-refractivity contribution in [3.8, 4) is 0 Å². The van der Waals surface area contributed by atoms with E-state index in [9.17, 15) is 4.79 Å². The van der Waals surface area contributed by atoms with E-state index in [1.807, 2.05) is 7.05 Å². The van der Waals surface area contributed by atoms with Crippen LogP contribution in [0.3, 0.4) is 0 Å². The number of hydrogen-bond donors (Lipinski definition) is 1. The topological polar surface area (TPSA) is 112 Å². The Bertz CT molecular complexity index is 446. The van der Waals surface area contributed by atoms with Gasteiger partial charge in [-0.3, -0.25) is 4.79 Å². The molecule has 0 atom stereocenters. The largest absolute Gasteiger partial charge is 0.463 e. The summed E-state index contributed by atoms with van der Waals surface area (Å²) >= 11 is 0. The number of nitrogens with one attached hydrogen (secondary N) is 1. The molecule has 0 aliphatic heterocycles. The first-order valence-electron chi connectivity index (χ1n) is 13.7. The maximum absolute atomic E-state index is 11.5. The van der Waals surface area contributed by atoms with Gasteiger partial charge >= 0.3 is 5.97 Å². The van der Waals surface area contributed by atoms with Crippen LogP contribution in [0, 0.1) is 0 Å². The summed E-state index contributed by atoms with van der Waals surface area (Å²) < 4.78 is 48.4. The van der Waals surface area contributed by atoms with Crippen LogP contribution >= 0.6 is 0 Å². The number of carbonyl (C=O) groups is 1. The van der Waals surface area contributed by atoms with Gasteiger partial charge in [-0.15, -0.1) is 0 Å². The van der Waals surface area contributed by atoms with Crippen LogP contribution in [0.2, 0.25) is 0 Å². The van der Waals surface area contributed by atoms with Crippen molar-refractivity contribution in [2.75, 3.05) is 126 Å². The van der Waals surface area contributed by atoms with Gasteiger partial charge in [0.1, 0.15) is 6.61 Å². The fourth-order valence-electron chi connectivity index (χ4n) is 2.80. The molecule has 0 fully saturated rings. The van der Waals surface area contributed by atoms with Crippen LogP contribution < -0.4 is 5.32 Å². The molecule has 1 N–H and O–H groups in total. The normalized spacial score (nSPS) is 11.3. The molecule has 0 aromatic carbocycles. The predicted octanol–water partition coefficient (Wildman–Crippen LogP) is 1.85. The Hall–Kier alpha value is -0.890. The second kappa shape index (κ2) is 33.1. The van der Waals surface area contributed by atoms with E-state index in [-0.39, 0.29) is 5.97 Å². The number of carbonyl (C=O) groups excluding carboxylic acids is 1. The third kappa shape index (κ3) is 33.1. The molecule has 0 aliphatic carbocycles. The van der Waals surface area contributed by atoms with Gasteiger partial charge in [0, 0.05) is 13.0 Å². The zero-order valence-corrected chi connectivity index (χ0v) is 23.3. The van der Waals surface area contributed by atoms with Gasteiger partial charge in [-0.2, -0.15) is 0 Å². The van der Waals surface area contributed by atoms with E-state index in [4.69, 9.17) is 42.6 Å². The van der Waals surface area contributed by atoms with E-state index >= 15 is 0 Å². The summed E-state index contributed by atoms with van der Waals surface area (Å²) in [7, 11) is 1.89. The lowest BCUT2D eigenvalue weighted by molar-refractivity contribution is -0.145. The Morgan fingerprint density at radius 1 is 0.486 bits per heavy atom. The highest BCUT2D eigenvalue weighted by Crippen LogP contribution is 2.03. The smallest absolute Gasteiger partial charge is 0.305 e. The highest BCUT2D eigenvalue weighted by molar-refractivity contribution is 5.69. The van der Waals surface area contributed by atoms with Gasteiger partial charge in [-0.05, 0) is 13.5 Å². The summed E-state index contributed by atoms with van der Waals surface area (Å²) in [6, 6.07) is 0. The summed E-state index contributed by atoms with van der Waals surface area (Å²) in [5, 5.41) is 3.02. The molecule has 0 aromatic heterocycles. The van der Waals surface area contributed by atoms with Gasteiger partial charge in [0.2, 0.25) is 0 Å². The third-order valence-corrected chi connectivity index (χ3v) is 4.83. The highest BCUT2D eigenvalue weighted by atomic mass is 16.6. The van der Waals surface area contributed by atoms with Crippen LogP contribution in [0.1, 0.15) is 39.0 Å². The third-order valence-electron chi connectivity index (χ3n) is 4.83. The van der Waals surface area contributed by atoms with Crippen LogP contribution in [0.15, 0.2) is 0 Å². The first kappa shape index (κ1) is 36.1. The van der Waals surface area contributed by atoms with Gasteiger partial charge in [0.05, 0.1) is 106 Å². The van der Waals surface area contributed by atoms with E-state index < -0.39 is 0 Å². The quantitative estimate of drug-likeness (QED) is 0.0998. The van der Waals surface area contributed by atoms with E-state index in [0.29, 0.717) is 119 Å². The predicted molar refractivity (Wildman–Crippen MR) is 140 cm³/mol. The van der Waals surface area contributed by atoms with Crippen molar-refractivity contribution in [1.82, 2.24) is 5.32 Å². The van der Waals surface area contributed by atoms with Crippen LogP contribution in [0.25, 0.3) is 0 Å². The van der Waals surface area contributed by atoms with Crippen LogP contribution in [-0.4, -0.2) is 132 Å². The maximum Gasteiger partial charge on any atom is 0.305 e. The zero-order valence-electron chi connectivity index (χ0n) is 23.3. The number of esters is 1. The summed E-state index contributed by atoms with van der Waals surface area (Å²) in [4.78, 5) is 11.5. The molecule has 0 unspecified atom stereocenters. The molecule has 37 heavy (non-hydrogen) atoms. The highest BCUT2D eigenvalue weighted by Gasteiger charge is 2.02. The Kier molecular flexibility index (Phi) is 32.3. The molecular formula is C26H53NO10. The van der Waals surface area contributed by atoms with E-state index in [1.54, 1.807) is 0 Å². The minimum absolute atomic E-state index is 0.148. The molecule has 0 rings (SSSR count). The SMILES string of the molecule is CCCCCCC(=O)OCCOCCOCCOCCOCCOCCOCCOCCOCCNC. The van der Waals surface area contributed by atoms with E-state index in [1.165, 1.54) is 0 Å². The average molecular weight is 540 g/mol. The van der Waals surface area contributed by atoms with Gasteiger partial charge < -0.3 is 47.9 Å². The Morgan fingerprint density at radius 3 is 1.19 bits per heavy atom. The molecule has 0 aliphatic rings. The van der Waals surface area contributed by atoms with Crippen LogP contribution in [0.5, 0.6) is 0 Å². The maximum atomic E-state index is 11.5. The Balaban J connectivity index is 3.07. The van der Waals surface area contributed by atoms with Gasteiger partial charge in [-0.1, -0.05) is 26.2 Å². The lowest BCUT2D eigenvalue weighted by Crippen LogP contribution is -2.17. The van der Waals surface area contributed by atoms with E-state index in [0.717, 1.165) is 32.2 Å². The van der Waals surface area contributed by atoms with Crippen molar-refractivity contribution in [3.63, 3.8) is 0 Å². The molecule has 0 amide bonds. The standard InChI is InChI=1S/C26H53NO10/c1-3-4-5-6-7-26(28)37-25-24-36-23-22-35-21-20-34-19-18-33-17-16-32-15-14-31-13-12-30-11-10-29-9-8-27-2/h27H,3-25H2,1-2H3. The summed E-state index contributed by atoms with van der Waals surface area (Å²) in [5.41, 5.74) is 0. The zero-order chi connectivity index (χ0) is 26.9. The molecule has 0 saturated heterocycles. The summed E-state index contributed by atoms with van der Waals surface area (Å²) in [6.45, 7) is 11.7. The van der Waals surface area contributed by atoms with Crippen molar-refractivity contribution in [1.29, 1.82) is 0 Å². The molecule has 222 valence electrons. The molecule has 11 nitrogen and oxygen atoms in total. The first-order chi connectivity index (χ1) is 18.3. The second-order valence-electron chi connectivity index (χ2n) is 8.03. The van der Waals surface area contributed by atoms with E-state index in [2.05, 4.69) is 12.2 Å². The van der Waals surface area contributed by atoms with Crippen molar-refractivity contribution >= 4 is 5.97 Å². The summed E-state index contributed by atoms with van der Waals surface area (Å²) in [5.74, 6) is -0.148. The van der Waals surface area contributed by atoms with Crippen molar-refractivity contribution in [2.45, 2.75) is 39.0 Å². The van der Waals surface area contributed by atoms with Crippen LogP contribution in [-0.2, 0) is 47.4 Å². The average Bonchev–Trinajstić information content (AvgIpc) is 2.90. The number of hydrogen-bond acceptors (Lipinski definition) is 11. The second-order valence-corrected chi connectivity index (χ2v) is 8.03. The summed E-state index contributed by atoms with van der Waals surface area (Å²) in [6.07, 6.45) is 4.78. The Labute approximate surface area is 224 Å². The number of ether oxygens (including phenoxy) is 9. The molecule has 0 bridgehead atoms. The fourth-order valence-corrected chi connectivity index (χ4v) is 2.80. The first-order valence-corrected chi connectivity index (χ1v) is 13.7. The van der Waals surface area contributed by atoms with Crippen molar-refractivity contribution in [3.05, 3.63) is 0 Å². The molecule has 11 heteroatoms.